The SMILES string of the molecule is Cc1[c]ncc(C2NCCc3ccccc32)c1C. The van der Waals surface area contributed by atoms with Crippen LogP contribution in [0.15, 0.2) is 30.5 Å². The second-order valence-electron chi connectivity index (χ2n) is 4.91. The van der Waals surface area contributed by atoms with Gasteiger partial charge in [0, 0.05) is 12.7 Å². The predicted molar refractivity (Wildman–Crippen MR) is 72.5 cm³/mol. The number of rotatable bonds is 1. The highest BCUT2D eigenvalue weighted by Gasteiger charge is 2.22. The number of aromatic nitrogens is 1. The Bertz CT molecular complexity index is 575. The average molecular weight is 237 g/mol. The molecule has 0 bridgehead atoms. The Morgan fingerprint density at radius 2 is 2.06 bits per heavy atom. The molecule has 2 aromatic rings. The van der Waals surface area contributed by atoms with Gasteiger partial charge < -0.3 is 5.32 Å². The van der Waals surface area contributed by atoms with Gasteiger partial charge >= 0.3 is 0 Å². The number of fused-ring (bicyclic) bond motifs is 1. The number of nitrogens with zero attached hydrogens (tertiary/aromatic N) is 1. The van der Waals surface area contributed by atoms with Crippen molar-refractivity contribution in [3.63, 3.8) is 0 Å². The lowest BCUT2D eigenvalue weighted by molar-refractivity contribution is 0.564. The molecular formula is C16H17N2. The highest BCUT2D eigenvalue weighted by atomic mass is 14.9. The fourth-order valence-electron chi connectivity index (χ4n) is 2.67. The normalized spacial score (nSPS) is 18.4. The summed E-state index contributed by atoms with van der Waals surface area (Å²) >= 11 is 0. The Morgan fingerprint density at radius 1 is 1.22 bits per heavy atom. The average Bonchev–Trinajstić information content (AvgIpc) is 2.41. The minimum atomic E-state index is 0.274. The van der Waals surface area contributed by atoms with Crippen LogP contribution in [-0.4, -0.2) is 11.5 Å². The third kappa shape index (κ3) is 1.83. The molecule has 0 aliphatic carbocycles. The molecule has 1 N–H and O–H groups in total. The molecule has 1 aromatic heterocycles. The van der Waals surface area contributed by atoms with Crippen LogP contribution in [0.2, 0.25) is 0 Å². The summed E-state index contributed by atoms with van der Waals surface area (Å²) in [7, 11) is 0. The summed E-state index contributed by atoms with van der Waals surface area (Å²) in [5, 5.41) is 3.61. The monoisotopic (exact) mass is 237 g/mol. The molecule has 1 unspecified atom stereocenters. The molecule has 0 saturated carbocycles. The molecule has 1 aliphatic rings. The largest absolute Gasteiger partial charge is 0.306 e. The van der Waals surface area contributed by atoms with Gasteiger partial charge in [-0.2, -0.15) is 0 Å². The summed E-state index contributed by atoms with van der Waals surface area (Å²) in [6.45, 7) is 5.25. The van der Waals surface area contributed by atoms with Gasteiger partial charge in [0.15, 0.2) is 0 Å². The van der Waals surface area contributed by atoms with E-state index in [1.165, 1.54) is 22.3 Å². The van der Waals surface area contributed by atoms with E-state index in [1.807, 2.05) is 6.20 Å². The van der Waals surface area contributed by atoms with Crippen LogP contribution in [-0.2, 0) is 6.42 Å². The first-order chi connectivity index (χ1) is 8.77. The molecule has 2 heterocycles. The lowest BCUT2D eigenvalue weighted by atomic mass is 9.88. The van der Waals surface area contributed by atoms with Crippen LogP contribution >= 0.6 is 0 Å². The van der Waals surface area contributed by atoms with Gasteiger partial charge in [-0.25, -0.2) is 0 Å². The van der Waals surface area contributed by atoms with E-state index < -0.39 is 0 Å². The first-order valence-electron chi connectivity index (χ1n) is 6.42. The first kappa shape index (κ1) is 11.4. The van der Waals surface area contributed by atoms with E-state index in [9.17, 15) is 0 Å². The van der Waals surface area contributed by atoms with Gasteiger partial charge in [0.05, 0.1) is 12.2 Å². The smallest absolute Gasteiger partial charge is 0.0920 e. The molecule has 0 spiro atoms. The Balaban J connectivity index is 2.11. The maximum absolute atomic E-state index is 4.23. The van der Waals surface area contributed by atoms with Gasteiger partial charge in [-0.3, -0.25) is 4.98 Å². The zero-order valence-corrected chi connectivity index (χ0v) is 10.8. The zero-order valence-electron chi connectivity index (χ0n) is 10.8. The van der Waals surface area contributed by atoms with E-state index in [4.69, 9.17) is 0 Å². The summed E-state index contributed by atoms with van der Waals surface area (Å²) in [6, 6.07) is 8.96. The van der Waals surface area contributed by atoms with Crippen molar-refractivity contribution in [3.05, 3.63) is 64.5 Å². The van der Waals surface area contributed by atoms with E-state index >= 15 is 0 Å². The lowest BCUT2D eigenvalue weighted by Crippen LogP contribution is -2.31. The number of hydrogen-bond acceptors (Lipinski definition) is 2. The fourth-order valence-corrected chi connectivity index (χ4v) is 2.67. The Labute approximate surface area is 108 Å². The molecule has 1 aliphatic heterocycles. The predicted octanol–water partition coefficient (Wildman–Crippen LogP) is 2.73. The second kappa shape index (κ2) is 4.54. The molecule has 3 rings (SSSR count). The van der Waals surface area contributed by atoms with Crippen molar-refractivity contribution < 1.29 is 0 Å². The number of nitrogens with one attached hydrogen (secondary N) is 1. The molecule has 1 radical (unpaired) electrons. The second-order valence-corrected chi connectivity index (χ2v) is 4.91. The highest BCUT2D eigenvalue weighted by Crippen LogP contribution is 2.30. The molecule has 2 heteroatoms. The van der Waals surface area contributed by atoms with Crippen LogP contribution in [0.5, 0.6) is 0 Å². The van der Waals surface area contributed by atoms with Crippen molar-refractivity contribution in [3.8, 4) is 0 Å². The quantitative estimate of drug-likeness (QED) is 0.825. The van der Waals surface area contributed by atoms with Crippen LogP contribution in [0.4, 0.5) is 0 Å². The Hall–Kier alpha value is -1.67. The van der Waals surface area contributed by atoms with Crippen molar-refractivity contribution in [2.45, 2.75) is 26.3 Å². The summed E-state index contributed by atoms with van der Waals surface area (Å²) < 4.78 is 0. The standard InChI is InChI=1S/C16H17N2/c1-11-9-17-10-15(12(11)2)16-14-6-4-3-5-13(14)7-8-18-16/h3-6,10,16,18H,7-8H2,1-2H3. The van der Waals surface area contributed by atoms with Crippen molar-refractivity contribution >= 4 is 0 Å². The van der Waals surface area contributed by atoms with Crippen LogP contribution < -0.4 is 5.32 Å². The molecule has 0 saturated heterocycles. The maximum atomic E-state index is 4.23. The van der Waals surface area contributed by atoms with Crippen LogP contribution in [0.25, 0.3) is 0 Å². The van der Waals surface area contributed by atoms with Gasteiger partial charge in [0.25, 0.3) is 0 Å². The lowest BCUT2D eigenvalue weighted by Gasteiger charge is -2.28. The van der Waals surface area contributed by atoms with Crippen molar-refractivity contribution in [1.29, 1.82) is 0 Å². The van der Waals surface area contributed by atoms with Crippen LogP contribution in [0, 0.1) is 20.0 Å². The van der Waals surface area contributed by atoms with Gasteiger partial charge in [0.1, 0.15) is 0 Å². The Morgan fingerprint density at radius 3 is 2.94 bits per heavy atom. The van der Waals surface area contributed by atoms with E-state index in [2.05, 4.69) is 54.6 Å². The van der Waals surface area contributed by atoms with E-state index in [-0.39, 0.29) is 6.04 Å². The molecule has 2 nitrogen and oxygen atoms in total. The third-order valence-electron chi connectivity index (χ3n) is 3.85. The van der Waals surface area contributed by atoms with Gasteiger partial charge in [-0.1, -0.05) is 24.3 Å². The zero-order chi connectivity index (χ0) is 12.5. The molecule has 0 amide bonds. The number of aryl methyl sites for hydroxylation is 1. The van der Waals surface area contributed by atoms with Crippen molar-refractivity contribution in [1.82, 2.24) is 10.3 Å². The molecule has 18 heavy (non-hydrogen) atoms. The third-order valence-corrected chi connectivity index (χ3v) is 3.85. The maximum Gasteiger partial charge on any atom is 0.0920 e. The Kier molecular flexibility index (Phi) is 2.88. The van der Waals surface area contributed by atoms with Crippen molar-refractivity contribution in [2.24, 2.45) is 0 Å². The molecule has 1 atom stereocenters. The highest BCUT2D eigenvalue weighted by molar-refractivity contribution is 5.42. The van der Waals surface area contributed by atoms with Crippen molar-refractivity contribution in [2.75, 3.05) is 6.54 Å². The summed E-state index contributed by atoms with van der Waals surface area (Å²) in [5.74, 6) is 0. The molecular weight excluding hydrogens is 220 g/mol. The summed E-state index contributed by atoms with van der Waals surface area (Å²) in [6.07, 6.45) is 6.08. The molecule has 1 aromatic carbocycles. The molecule has 0 fully saturated rings. The summed E-state index contributed by atoms with van der Waals surface area (Å²) in [4.78, 5) is 4.23. The van der Waals surface area contributed by atoms with Gasteiger partial charge in [-0.15, -0.1) is 0 Å². The van der Waals surface area contributed by atoms with E-state index in [0.29, 0.717) is 0 Å². The summed E-state index contributed by atoms with van der Waals surface area (Å²) in [5.41, 5.74) is 6.54. The minimum Gasteiger partial charge on any atom is -0.306 e. The van der Waals surface area contributed by atoms with Crippen LogP contribution in [0.1, 0.15) is 33.9 Å². The number of hydrogen-bond donors (Lipinski definition) is 1. The van der Waals surface area contributed by atoms with Gasteiger partial charge in [0.2, 0.25) is 0 Å². The van der Waals surface area contributed by atoms with E-state index in [0.717, 1.165) is 18.5 Å². The topological polar surface area (TPSA) is 24.9 Å². The van der Waals surface area contributed by atoms with E-state index in [1.54, 1.807) is 0 Å². The minimum absolute atomic E-state index is 0.274. The molecule has 91 valence electrons. The number of pyridine rings is 1. The van der Waals surface area contributed by atoms with Crippen LogP contribution in [0.3, 0.4) is 0 Å². The first-order valence-corrected chi connectivity index (χ1v) is 6.42. The van der Waals surface area contributed by atoms with Gasteiger partial charge in [-0.05, 0) is 48.1 Å². The fraction of sp³-hybridized carbons (Fsp3) is 0.312. The number of benzene rings is 1.